The Morgan fingerprint density at radius 2 is 1.76 bits per heavy atom. The van der Waals surface area contributed by atoms with E-state index in [0.717, 1.165) is 4.47 Å². The van der Waals surface area contributed by atoms with Crippen molar-refractivity contribution in [2.24, 2.45) is 5.73 Å². The van der Waals surface area contributed by atoms with Crippen LogP contribution in [-0.2, 0) is 0 Å². The van der Waals surface area contributed by atoms with E-state index in [2.05, 4.69) is 15.9 Å². The van der Waals surface area contributed by atoms with Gasteiger partial charge in [-0.1, -0.05) is 34.1 Å². The Bertz CT molecular complexity index is 667. The van der Waals surface area contributed by atoms with E-state index >= 15 is 0 Å². The number of halogens is 1. The van der Waals surface area contributed by atoms with Crippen LogP contribution in [-0.4, -0.2) is 17.8 Å². The molecule has 0 fully saturated rings. The number of carbonyl (C=O) groups excluding carboxylic acids is 2. The molecule has 4 nitrogen and oxygen atoms in total. The molecule has 0 aliphatic rings. The number of ketones is 1. The summed E-state index contributed by atoms with van der Waals surface area (Å²) in [5, 5.41) is 0. The lowest BCUT2D eigenvalue weighted by atomic mass is 10.1. The van der Waals surface area contributed by atoms with Gasteiger partial charge in [-0.2, -0.15) is 0 Å². The Morgan fingerprint density at radius 1 is 1.10 bits per heavy atom. The third-order valence-corrected chi connectivity index (χ3v) is 3.46. The minimum absolute atomic E-state index is 0.132. The molecule has 1 unspecified atom stereocenters. The highest BCUT2D eigenvalue weighted by molar-refractivity contribution is 9.10. The molecule has 0 saturated carbocycles. The summed E-state index contributed by atoms with van der Waals surface area (Å²) in [7, 11) is 0. The Kier molecular flexibility index (Phi) is 4.75. The molecule has 1 amide bonds. The fourth-order valence-electron chi connectivity index (χ4n) is 1.83. The van der Waals surface area contributed by atoms with Crippen LogP contribution < -0.4 is 10.5 Å². The second-order valence-electron chi connectivity index (χ2n) is 4.52. The number of hydrogen-bond donors (Lipinski definition) is 1. The normalized spacial score (nSPS) is 11.7. The lowest BCUT2D eigenvalue weighted by molar-refractivity contribution is 0.0818. The van der Waals surface area contributed by atoms with E-state index in [1.807, 2.05) is 0 Å². The van der Waals surface area contributed by atoms with E-state index in [4.69, 9.17) is 10.5 Å². The van der Waals surface area contributed by atoms with Crippen molar-refractivity contribution >= 4 is 27.6 Å². The topological polar surface area (TPSA) is 69.4 Å². The standard InChI is InChI=1S/C16H14BrNO3/c1-10(15(19)11-5-7-13(17)8-6-11)21-14-4-2-3-12(9-14)16(18)20/h2-10H,1H3,(H2,18,20). The summed E-state index contributed by atoms with van der Waals surface area (Å²) >= 11 is 3.32. The summed E-state index contributed by atoms with van der Waals surface area (Å²) in [5.41, 5.74) is 6.12. The van der Waals surface area contributed by atoms with Crippen LogP contribution in [0.3, 0.4) is 0 Å². The maximum atomic E-state index is 12.2. The second-order valence-corrected chi connectivity index (χ2v) is 5.44. The van der Waals surface area contributed by atoms with Crippen LogP contribution in [0.25, 0.3) is 0 Å². The number of hydrogen-bond acceptors (Lipinski definition) is 3. The first-order valence-corrected chi connectivity index (χ1v) is 7.13. The molecule has 2 aromatic carbocycles. The molecule has 0 aliphatic carbocycles. The molecule has 5 heteroatoms. The summed E-state index contributed by atoms with van der Waals surface area (Å²) in [5.74, 6) is -0.233. The van der Waals surface area contributed by atoms with Crippen molar-refractivity contribution < 1.29 is 14.3 Å². The molecule has 0 aromatic heterocycles. The Labute approximate surface area is 131 Å². The highest BCUT2D eigenvalue weighted by Crippen LogP contribution is 2.17. The maximum absolute atomic E-state index is 12.2. The van der Waals surface area contributed by atoms with E-state index in [0.29, 0.717) is 16.9 Å². The van der Waals surface area contributed by atoms with Crippen LogP contribution in [0.2, 0.25) is 0 Å². The van der Waals surface area contributed by atoms with Crippen molar-refractivity contribution in [3.8, 4) is 5.75 Å². The monoisotopic (exact) mass is 347 g/mol. The molecule has 0 aliphatic heterocycles. The Balaban J connectivity index is 2.12. The first kappa shape index (κ1) is 15.3. The summed E-state index contributed by atoms with van der Waals surface area (Å²) < 4.78 is 6.49. The van der Waals surface area contributed by atoms with Gasteiger partial charge in [0.2, 0.25) is 11.7 Å². The minimum Gasteiger partial charge on any atom is -0.483 e. The lowest BCUT2D eigenvalue weighted by Gasteiger charge is -2.14. The quantitative estimate of drug-likeness (QED) is 0.844. The van der Waals surface area contributed by atoms with Gasteiger partial charge in [-0.15, -0.1) is 0 Å². The van der Waals surface area contributed by atoms with Gasteiger partial charge in [-0.25, -0.2) is 0 Å². The van der Waals surface area contributed by atoms with Crippen LogP contribution in [0, 0.1) is 0 Å². The molecule has 0 bridgehead atoms. The molecule has 0 heterocycles. The van der Waals surface area contributed by atoms with Crippen LogP contribution in [0.5, 0.6) is 5.75 Å². The highest BCUT2D eigenvalue weighted by Gasteiger charge is 2.17. The number of amides is 1. The zero-order chi connectivity index (χ0) is 15.4. The zero-order valence-corrected chi connectivity index (χ0v) is 13.0. The SMILES string of the molecule is CC(Oc1cccc(C(N)=O)c1)C(=O)c1ccc(Br)cc1. The summed E-state index contributed by atoms with van der Waals surface area (Å²) in [6, 6.07) is 13.5. The predicted octanol–water partition coefficient (Wildman–Crippen LogP) is 3.20. The van der Waals surface area contributed by atoms with Gasteiger partial charge < -0.3 is 10.5 Å². The van der Waals surface area contributed by atoms with E-state index in [1.165, 1.54) is 6.07 Å². The third-order valence-electron chi connectivity index (χ3n) is 2.93. The average molecular weight is 348 g/mol. The van der Waals surface area contributed by atoms with Crippen LogP contribution in [0.1, 0.15) is 27.6 Å². The Morgan fingerprint density at radius 3 is 2.38 bits per heavy atom. The molecule has 0 saturated heterocycles. The zero-order valence-electron chi connectivity index (χ0n) is 11.4. The molecule has 0 radical (unpaired) electrons. The number of Topliss-reactive ketones (excluding diaryl/α,β-unsaturated/α-hetero) is 1. The van der Waals surface area contributed by atoms with Gasteiger partial charge in [0.15, 0.2) is 6.10 Å². The fraction of sp³-hybridized carbons (Fsp3) is 0.125. The number of primary amides is 1. The van der Waals surface area contributed by atoms with Crippen molar-refractivity contribution in [2.75, 3.05) is 0 Å². The van der Waals surface area contributed by atoms with E-state index in [9.17, 15) is 9.59 Å². The second kappa shape index (κ2) is 6.54. The van der Waals surface area contributed by atoms with Gasteiger partial charge in [0.25, 0.3) is 0 Å². The fourth-order valence-corrected chi connectivity index (χ4v) is 2.09. The number of rotatable bonds is 5. The summed E-state index contributed by atoms with van der Waals surface area (Å²) in [4.78, 5) is 23.4. The van der Waals surface area contributed by atoms with Crippen LogP contribution >= 0.6 is 15.9 Å². The number of ether oxygens (including phenoxy) is 1. The Hall–Kier alpha value is -2.14. The average Bonchev–Trinajstić information content (AvgIpc) is 2.47. The first-order valence-electron chi connectivity index (χ1n) is 6.33. The molecule has 0 spiro atoms. The minimum atomic E-state index is -0.658. The molecular formula is C16H14BrNO3. The van der Waals surface area contributed by atoms with E-state index in [-0.39, 0.29) is 5.78 Å². The number of benzene rings is 2. The number of nitrogens with two attached hydrogens (primary N) is 1. The maximum Gasteiger partial charge on any atom is 0.248 e. The van der Waals surface area contributed by atoms with Crippen LogP contribution in [0.15, 0.2) is 53.0 Å². The van der Waals surface area contributed by atoms with Gasteiger partial charge in [0.05, 0.1) is 0 Å². The van der Waals surface area contributed by atoms with Gasteiger partial charge in [0.1, 0.15) is 5.75 Å². The van der Waals surface area contributed by atoms with Gasteiger partial charge in [-0.3, -0.25) is 9.59 Å². The number of carbonyl (C=O) groups is 2. The van der Waals surface area contributed by atoms with Gasteiger partial charge >= 0.3 is 0 Å². The molecular weight excluding hydrogens is 334 g/mol. The molecule has 2 rings (SSSR count). The van der Waals surface area contributed by atoms with Crippen molar-refractivity contribution in [3.63, 3.8) is 0 Å². The van der Waals surface area contributed by atoms with Crippen LogP contribution in [0.4, 0.5) is 0 Å². The predicted molar refractivity (Wildman–Crippen MR) is 83.5 cm³/mol. The van der Waals surface area contributed by atoms with Crippen molar-refractivity contribution in [1.29, 1.82) is 0 Å². The summed E-state index contributed by atoms with van der Waals surface area (Å²) in [6.45, 7) is 1.67. The lowest BCUT2D eigenvalue weighted by Crippen LogP contribution is -2.24. The van der Waals surface area contributed by atoms with Gasteiger partial charge in [0, 0.05) is 15.6 Å². The van der Waals surface area contributed by atoms with Crippen molar-refractivity contribution in [1.82, 2.24) is 0 Å². The smallest absolute Gasteiger partial charge is 0.248 e. The molecule has 2 N–H and O–H groups in total. The van der Waals surface area contributed by atoms with Crippen molar-refractivity contribution in [2.45, 2.75) is 13.0 Å². The largest absolute Gasteiger partial charge is 0.483 e. The van der Waals surface area contributed by atoms with E-state index < -0.39 is 12.0 Å². The molecule has 21 heavy (non-hydrogen) atoms. The van der Waals surface area contributed by atoms with E-state index in [1.54, 1.807) is 49.4 Å². The highest BCUT2D eigenvalue weighted by atomic mass is 79.9. The molecule has 2 aromatic rings. The summed E-state index contributed by atoms with van der Waals surface area (Å²) in [6.07, 6.45) is -0.658. The third kappa shape index (κ3) is 3.92. The molecule has 1 atom stereocenters. The molecule has 108 valence electrons. The first-order chi connectivity index (χ1) is 9.97. The van der Waals surface area contributed by atoms with Crippen molar-refractivity contribution in [3.05, 3.63) is 64.1 Å². The van der Waals surface area contributed by atoms with Gasteiger partial charge in [-0.05, 0) is 37.3 Å².